The van der Waals surface area contributed by atoms with Gasteiger partial charge in [-0.05, 0) is 106 Å². The third-order valence-electron chi connectivity index (χ3n) is 10.2. The first kappa shape index (κ1) is 28.3. The average molecular weight is 637 g/mol. The highest BCUT2D eigenvalue weighted by molar-refractivity contribution is 7.00. The van der Waals surface area contributed by atoms with Gasteiger partial charge in [0.15, 0.2) is 0 Å². The van der Waals surface area contributed by atoms with Crippen LogP contribution in [-0.4, -0.2) is 11.3 Å². The Labute approximate surface area is 291 Å². The molecule has 2 aliphatic rings. The maximum atomic E-state index is 9.45. The van der Waals surface area contributed by atoms with Gasteiger partial charge in [-0.1, -0.05) is 97.1 Å². The molecule has 0 N–H and O–H groups in total. The van der Waals surface area contributed by atoms with Crippen molar-refractivity contribution in [1.29, 1.82) is 5.26 Å². The molecule has 0 amide bonds. The topological polar surface area (TPSA) is 35.2 Å². The molecule has 4 nitrogen and oxygen atoms in total. The van der Waals surface area contributed by atoms with E-state index in [4.69, 9.17) is 0 Å². The van der Waals surface area contributed by atoms with Gasteiger partial charge in [0.2, 0.25) is 0 Å². The third kappa shape index (κ3) is 4.26. The van der Waals surface area contributed by atoms with Gasteiger partial charge in [0.25, 0.3) is 6.71 Å². The van der Waals surface area contributed by atoms with Gasteiger partial charge in [0.05, 0.1) is 17.1 Å². The van der Waals surface area contributed by atoms with Gasteiger partial charge in [-0.3, -0.25) is 0 Å². The Hall–Kier alpha value is -6.77. The summed E-state index contributed by atoms with van der Waals surface area (Å²) in [6, 6.07) is 62.9. The number of hydrogen-bond donors (Lipinski definition) is 0. The van der Waals surface area contributed by atoms with E-state index in [2.05, 4.69) is 184 Å². The molecule has 0 atom stereocenters. The highest BCUT2D eigenvalue weighted by Gasteiger charge is 2.43. The van der Waals surface area contributed by atoms with Gasteiger partial charge in [-0.2, -0.15) is 5.26 Å². The van der Waals surface area contributed by atoms with Gasteiger partial charge in [-0.25, -0.2) is 0 Å². The van der Waals surface area contributed by atoms with E-state index in [1.807, 2.05) is 12.1 Å². The summed E-state index contributed by atoms with van der Waals surface area (Å²) in [4.78, 5) is 4.89. The van der Waals surface area contributed by atoms with E-state index in [-0.39, 0.29) is 6.71 Å². The Morgan fingerprint density at radius 3 is 1.76 bits per heavy atom. The second kappa shape index (κ2) is 11.2. The molecule has 232 valence electrons. The van der Waals surface area contributed by atoms with Crippen LogP contribution in [0.2, 0.25) is 0 Å². The quantitative estimate of drug-likeness (QED) is 0.181. The van der Waals surface area contributed by atoms with Crippen molar-refractivity contribution < 1.29 is 0 Å². The van der Waals surface area contributed by atoms with Gasteiger partial charge in [0.1, 0.15) is 0 Å². The zero-order valence-electron chi connectivity index (χ0n) is 27.1. The fourth-order valence-corrected chi connectivity index (χ4v) is 8.01. The van der Waals surface area contributed by atoms with Crippen molar-refractivity contribution in [2.45, 2.75) is 0 Å². The maximum Gasteiger partial charge on any atom is 0.252 e. The molecule has 0 spiro atoms. The van der Waals surface area contributed by atoms with Crippen LogP contribution < -0.4 is 26.2 Å². The van der Waals surface area contributed by atoms with E-state index in [1.165, 1.54) is 44.4 Å². The number of aromatic nitrogens is 1. The molecule has 8 aromatic rings. The fourth-order valence-electron chi connectivity index (χ4n) is 8.01. The van der Waals surface area contributed by atoms with E-state index in [0.29, 0.717) is 5.56 Å². The molecular formula is C45H29BN4. The SMILES string of the molecule is N#Cc1ccc(-c2ccc3c(c2)B2c4ccccc4N(c4ccccc4)c4cc(-n5ccc6ccccc65)cc(c42)N3c2ccccc2)cc1. The summed E-state index contributed by atoms with van der Waals surface area (Å²) in [5.41, 5.74) is 15.9. The van der Waals surface area contributed by atoms with Crippen LogP contribution >= 0.6 is 0 Å². The van der Waals surface area contributed by atoms with Crippen LogP contribution in [0.25, 0.3) is 27.7 Å². The summed E-state index contributed by atoms with van der Waals surface area (Å²) in [5.74, 6) is 0. The Morgan fingerprint density at radius 2 is 1.06 bits per heavy atom. The molecule has 0 saturated heterocycles. The molecule has 0 aliphatic carbocycles. The van der Waals surface area contributed by atoms with Crippen molar-refractivity contribution in [3.8, 4) is 22.9 Å². The molecule has 5 heteroatoms. The zero-order chi connectivity index (χ0) is 33.2. The van der Waals surface area contributed by atoms with E-state index >= 15 is 0 Å². The fraction of sp³-hybridized carbons (Fsp3) is 0. The molecule has 10 rings (SSSR count). The summed E-state index contributed by atoms with van der Waals surface area (Å²) in [6.45, 7) is -0.0000809. The van der Waals surface area contributed by atoms with E-state index < -0.39 is 0 Å². The van der Waals surface area contributed by atoms with E-state index in [9.17, 15) is 5.26 Å². The number of nitriles is 1. The summed E-state index contributed by atoms with van der Waals surface area (Å²) in [7, 11) is 0. The molecule has 0 fully saturated rings. The smallest absolute Gasteiger partial charge is 0.252 e. The lowest BCUT2D eigenvalue weighted by Gasteiger charge is -2.44. The number of hydrogen-bond acceptors (Lipinski definition) is 3. The van der Waals surface area contributed by atoms with Gasteiger partial charge >= 0.3 is 0 Å². The zero-order valence-corrected chi connectivity index (χ0v) is 27.1. The molecule has 0 radical (unpaired) electrons. The molecule has 1 aromatic heterocycles. The minimum atomic E-state index is -0.0000809. The van der Waals surface area contributed by atoms with Crippen LogP contribution in [0.5, 0.6) is 0 Å². The lowest BCUT2D eigenvalue weighted by atomic mass is 9.33. The van der Waals surface area contributed by atoms with Crippen molar-refractivity contribution in [2.75, 3.05) is 9.80 Å². The predicted molar refractivity (Wildman–Crippen MR) is 207 cm³/mol. The Bertz CT molecular complexity index is 2600. The highest BCUT2D eigenvalue weighted by Crippen LogP contribution is 2.45. The normalized spacial score (nSPS) is 12.7. The average Bonchev–Trinajstić information content (AvgIpc) is 3.62. The van der Waals surface area contributed by atoms with Crippen LogP contribution in [0, 0.1) is 11.3 Å². The molecule has 2 aliphatic heterocycles. The first-order valence-electron chi connectivity index (χ1n) is 16.9. The second-order valence-electron chi connectivity index (χ2n) is 12.9. The highest BCUT2D eigenvalue weighted by atomic mass is 15.2. The molecule has 3 heterocycles. The molecule has 50 heavy (non-hydrogen) atoms. The second-order valence-corrected chi connectivity index (χ2v) is 12.9. The first-order chi connectivity index (χ1) is 24.8. The summed E-state index contributed by atoms with van der Waals surface area (Å²) >= 11 is 0. The Kier molecular flexibility index (Phi) is 6.31. The van der Waals surface area contributed by atoms with Crippen LogP contribution in [0.3, 0.4) is 0 Å². The van der Waals surface area contributed by atoms with E-state index in [0.717, 1.165) is 33.9 Å². The molecule has 0 saturated carbocycles. The van der Waals surface area contributed by atoms with Crippen molar-refractivity contribution >= 4 is 68.1 Å². The van der Waals surface area contributed by atoms with Gasteiger partial charge in [-0.15, -0.1) is 0 Å². The number of anilines is 6. The standard InChI is InChI=1S/C45H29BN4/c47-30-31-19-21-32(22-20-31)34-23-24-42-39(27-34)46-38-16-8-10-18-41(38)49(35-12-3-1-4-13-35)43-28-37(48-26-25-33-11-7-9-17-40(33)48)29-44(45(43)46)50(42)36-14-5-2-6-15-36/h1-29H. The molecule has 7 aromatic carbocycles. The van der Waals surface area contributed by atoms with Crippen LogP contribution in [0.4, 0.5) is 34.1 Å². The summed E-state index contributed by atoms with van der Waals surface area (Å²) < 4.78 is 2.32. The summed E-state index contributed by atoms with van der Waals surface area (Å²) in [6.07, 6.45) is 2.19. The monoisotopic (exact) mass is 636 g/mol. The largest absolute Gasteiger partial charge is 0.316 e. The number of nitrogens with zero attached hydrogens (tertiary/aromatic N) is 4. The molecular weight excluding hydrogens is 607 g/mol. The van der Waals surface area contributed by atoms with Gasteiger partial charge < -0.3 is 14.4 Å². The van der Waals surface area contributed by atoms with Crippen molar-refractivity contribution in [1.82, 2.24) is 4.57 Å². The van der Waals surface area contributed by atoms with Crippen LogP contribution in [0.15, 0.2) is 176 Å². The van der Waals surface area contributed by atoms with Crippen molar-refractivity contribution in [3.05, 3.63) is 182 Å². The third-order valence-corrected chi connectivity index (χ3v) is 10.2. The van der Waals surface area contributed by atoms with Crippen molar-refractivity contribution in [3.63, 3.8) is 0 Å². The number of para-hydroxylation sites is 4. The molecule has 0 bridgehead atoms. The Balaban J connectivity index is 1.31. The predicted octanol–water partition coefficient (Wildman–Crippen LogP) is 9.25. The van der Waals surface area contributed by atoms with Crippen LogP contribution in [-0.2, 0) is 0 Å². The lowest BCUT2D eigenvalue weighted by Crippen LogP contribution is -2.61. The van der Waals surface area contributed by atoms with E-state index in [1.54, 1.807) is 0 Å². The summed E-state index contributed by atoms with van der Waals surface area (Å²) in [5, 5.41) is 10.7. The first-order valence-corrected chi connectivity index (χ1v) is 16.9. The lowest BCUT2D eigenvalue weighted by molar-refractivity contribution is 1.12. The minimum Gasteiger partial charge on any atom is -0.316 e. The number of rotatable bonds is 4. The van der Waals surface area contributed by atoms with Crippen molar-refractivity contribution in [2.24, 2.45) is 0 Å². The number of benzene rings is 7. The minimum absolute atomic E-state index is 0.0000809. The van der Waals surface area contributed by atoms with Gasteiger partial charge in [0, 0.05) is 46.0 Å². The maximum absolute atomic E-state index is 9.45. The molecule has 0 unspecified atom stereocenters. The Morgan fingerprint density at radius 1 is 0.460 bits per heavy atom. The van der Waals surface area contributed by atoms with Crippen LogP contribution in [0.1, 0.15) is 5.56 Å². The number of fused-ring (bicyclic) bond motifs is 5.